The lowest BCUT2D eigenvalue weighted by Gasteiger charge is -2.25. The second-order valence-electron chi connectivity index (χ2n) is 12.3. The number of carbonyl (C=O) groups excluding carboxylic acids is 4. The van der Waals surface area contributed by atoms with Crippen molar-refractivity contribution in [3.63, 3.8) is 0 Å². The molecule has 0 bridgehead atoms. The van der Waals surface area contributed by atoms with Crippen molar-refractivity contribution in [3.8, 4) is 5.75 Å². The monoisotopic (exact) mass is 657 g/mol. The number of phenolic OH excluding ortho intramolecular Hbond substituents is 1. The van der Waals surface area contributed by atoms with Gasteiger partial charge >= 0.3 is 0 Å². The minimum absolute atomic E-state index is 0.0515. The summed E-state index contributed by atoms with van der Waals surface area (Å²) in [5, 5.41) is 13.0. The summed E-state index contributed by atoms with van der Waals surface area (Å²) in [4.78, 5) is 61.7. The molecule has 0 aliphatic carbocycles. The number of carbonyl (C=O) groups is 4. The van der Waals surface area contributed by atoms with E-state index in [1.54, 1.807) is 36.7 Å². The van der Waals surface area contributed by atoms with Crippen LogP contribution in [0.3, 0.4) is 0 Å². The first-order chi connectivity index (χ1) is 22.8. The van der Waals surface area contributed by atoms with Crippen LogP contribution in [0.25, 0.3) is 0 Å². The molecule has 1 aromatic heterocycles. The number of benzene rings is 2. The molecule has 12 heteroatoms. The Labute approximate surface area is 281 Å². The zero-order valence-corrected chi connectivity index (χ0v) is 27.6. The molecule has 0 unspecified atom stereocenters. The number of pyridine rings is 1. The fourth-order valence-corrected chi connectivity index (χ4v) is 5.72. The summed E-state index contributed by atoms with van der Waals surface area (Å²) < 4.78 is 0. The number of aromatic hydroxyl groups is 1. The number of phenols is 1. The Hall–Kier alpha value is -5.10. The van der Waals surface area contributed by atoms with E-state index < -0.39 is 35.7 Å². The third-order valence-electron chi connectivity index (χ3n) is 8.40. The number of hydrogen-bond acceptors (Lipinski definition) is 8. The summed E-state index contributed by atoms with van der Waals surface area (Å²) in [6.07, 6.45) is 4.21. The van der Waals surface area contributed by atoms with Gasteiger partial charge < -0.3 is 33.4 Å². The number of guanidine groups is 1. The molecule has 2 aromatic carbocycles. The second-order valence-corrected chi connectivity index (χ2v) is 12.3. The van der Waals surface area contributed by atoms with Crippen molar-refractivity contribution in [3.05, 3.63) is 94.8 Å². The van der Waals surface area contributed by atoms with Crippen molar-refractivity contribution in [2.75, 3.05) is 6.54 Å². The Morgan fingerprint density at radius 2 is 1.44 bits per heavy atom. The molecule has 3 rings (SSSR count). The lowest BCUT2D eigenvalue weighted by molar-refractivity contribution is -0.133. The van der Waals surface area contributed by atoms with Gasteiger partial charge in [-0.3, -0.25) is 29.2 Å². The minimum Gasteiger partial charge on any atom is -0.508 e. The highest BCUT2D eigenvalue weighted by atomic mass is 16.3. The van der Waals surface area contributed by atoms with E-state index in [0.29, 0.717) is 19.4 Å². The third kappa shape index (κ3) is 11.9. The van der Waals surface area contributed by atoms with Gasteiger partial charge in [0.25, 0.3) is 0 Å². The van der Waals surface area contributed by atoms with Crippen LogP contribution in [0.4, 0.5) is 0 Å². The standard InChI is InChI=1S/C36H47N7O5/c1-22-15-28(44)16-23(2)29(22)19-27(21-32(45)30(37)9-6-12-42-36(39)40)35(48)43-31(18-25-10-13-41-14-11-25)33(46)20-26(34(38)47)17-24-7-4-3-5-8-24/h3-5,7-8,10-11,13-16,26-27,30-31,44H,6,9,12,17-21,37H2,1-2H3,(H2,38,47)(H,43,48)(H4,39,40,42)/t26-,27-,30-,31+/m1/s1. The molecule has 256 valence electrons. The zero-order valence-electron chi connectivity index (χ0n) is 27.6. The average molecular weight is 658 g/mol. The minimum atomic E-state index is -1.01. The lowest BCUT2D eigenvalue weighted by atomic mass is 9.86. The molecule has 0 radical (unpaired) electrons. The molecule has 48 heavy (non-hydrogen) atoms. The van der Waals surface area contributed by atoms with Crippen molar-refractivity contribution in [2.45, 2.75) is 70.9 Å². The molecule has 0 saturated carbocycles. The van der Waals surface area contributed by atoms with Gasteiger partial charge in [-0.15, -0.1) is 0 Å². The van der Waals surface area contributed by atoms with E-state index in [1.807, 2.05) is 44.2 Å². The molecular formula is C36H47N7O5. The van der Waals surface area contributed by atoms with Gasteiger partial charge in [0.1, 0.15) is 11.5 Å². The second kappa shape index (κ2) is 18.3. The normalized spacial score (nSPS) is 13.5. The van der Waals surface area contributed by atoms with Crippen LogP contribution in [0.1, 0.15) is 53.5 Å². The maximum Gasteiger partial charge on any atom is 0.224 e. The quantitative estimate of drug-likeness (QED) is 0.0627. The van der Waals surface area contributed by atoms with E-state index >= 15 is 0 Å². The molecule has 0 aliphatic rings. The van der Waals surface area contributed by atoms with Gasteiger partial charge in [0.05, 0.1) is 12.1 Å². The maximum absolute atomic E-state index is 14.1. The van der Waals surface area contributed by atoms with Crippen LogP contribution in [0, 0.1) is 25.7 Å². The van der Waals surface area contributed by atoms with Gasteiger partial charge in [-0.05, 0) is 98.0 Å². The predicted octanol–water partition coefficient (Wildman–Crippen LogP) is 1.93. The first-order valence-electron chi connectivity index (χ1n) is 16.0. The number of hydrogen-bond donors (Lipinski definition) is 6. The highest BCUT2D eigenvalue weighted by Crippen LogP contribution is 2.26. The summed E-state index contributed by atoms with van der Waals surface area (Å²) in [6.45, 7) is 3.95. The number of nitrogens with zero attached hydrogens (tertiary/aromatic N) is 2. The number of nitrogens with two attached hydrogens (primary N) is 4. The van der Waals surface area contributed by atoms with Gasteiger partial charge in [-0.1, -0.05) is 30.3 Å². The average Bonchev–Trinajstić information content (AvgIpc) is 3.04. The van der Waals surface area contributed by atoms with Crippen LogP contribution >= 0.6 is 0 Å². The molecule has 3 aromatic rings. The van der Waals surface area contributed by atoms with Crippen LogP contribution in [-0.2, 0) is 38.4 Å². The van der Waals surface area contributed by atoms with Crippen molar-refractivity contribution >= 4 is 29.3 Å². The number of aliphatic imine (C=N–C) groups is 1. The molecule has 1 heterocycles. The summed E-state index contributed by atoms with van der Waals surface area (Å²) in [5.74, 6) is -3.42. The molecular weight excluding hydrogens is 610 g/mol. The first kappa shape index (κ1) is 37.4. The number of amides is 2. The fourth-order valence-electron chi connectivity index (χ4n) is 5.72. The molecule has 0 saturated heterocycles. The van der Waals surface area contributed by atoms with Crippen LogP contribution in [-0.4, -0.2) is 58.1 Å². The Balaban J connectivity index is 1.88. The van der Waals surface area contributed by atoms with E-state index in [2.05, 4.69) is 15.3 Å². The number of primary amides is 1. The van der Waals surface area contributed by atoms with E-state index in [4.69, 9.17) is 22.9 Å². The van der Waals surface area contributed by atoms with Crippen molar-refractivity contribution in [2.24, 2.45) is 39.8 Å². The lowest BCUT2D eigenvalue weighted by Crippen LogP contribution is -2.47. The topological polar surface area (TPSA) is 230 Å². The maximum atomic E-state index is 14.1. The molecule has 0 spiro atoms. The number of aromatic nitrogens is 1. The number of aryl methyl sites for hydroxylation is 2. The number of rotatable bonds is 19. The van der Waals surface area contributed by atoms with Gasteiger partial charge in [-0.25, -0.2) is 0 Å². The zero-order chi connectivity index (χ0) is 35.2. The summed E-state index contributed by atoms with van der Waals surface area (Å²) in [7, 11) is 0. The third-order valence-corrected chi connectivity index (χ3v) is 8.40. The molecule has 0 fully saturated rings. The highest BCUT2D eigenvalue weighted by molar-refractivity contribution is 5.94. The van der Waals surface area contributed by atoms with E-state index in [9.17, 15) is 24.3 Å². The van der Waals surface area contributed by atoms with Gasteiger partial charge in [0.15, 0.2) is 11.7 Å². The molecule has 10 N–H and O–H groups in total. The molecule has 4 atom stereocenters. The predicted molar refractivity (Wildman–Crippen MR) is 185 cm³/mol. The number of ketones is 2. The summed E-state index contributed by atoms with van der Waals surface area (Å²) >= 11 is 0. The smallest absolute Gasteiger partial charge is 0.224 e. The molecule has 12 nitrogen and oxygen atoms in total. The molecule has 2 amide bonds. The summed E-state index contributed by atoms with van der Waals surface area (Å²) in [5.41, 5.74) is 26.6. The Morgan fingerprint density at radius 3 is 2.04 bits per heavy atom. The highest BCUT2D eigenvalue weighted by Gasteiger charge is 2.31. The van der Waals surface area contributed by atoms with Crippen LogP contribution in [0.15, 0.2) is 72.0 Å². The van der Waals surface area contributed by atoms with Gasteiger partial charge in [-0.2, -0.15) is 0 Å². The first-order valence-corrected chi connectivity index (χ1v) is 16.0. The number of Topliss-reactive ketones (excluding diaryl/α,β-unsaturated/α-hetero) is 2. The van der Waals surface area contributed by atoms with Gasteiger partial charge in [0.2, 0.25) is 11.8 Å². The van der Waals surface area contributed by atoms with Crippen molar-refractivity contribution < 1.29 is 24.3 Å². The Morgan fingerprint density at radius 1 is 0.833 bits per heavy atom. The summed E-state index contributed by atoms with van der Waals surface area (Å²) in [6, 6.07) is 14.1. The van der Waals surface area contributed by atoms with Gasteiger partial charge in [0, 0.05) is 43.6 Å². The van der Waals surface area contributed by atoms with Crippen LogP contribution < -0.4 is 28.3 Å². The van der Waals surface area contributed by atoms with Crippen molar-refractivity contribution in [1.29, 1.82) is 0 Å². The Kier molecular flexibility index (Phi) is 14.2. The van der Waals surface area contributed by atoms with E-state index in [-0.39, 0.29) is 55.4 Å². The largest absolute Gasteiger partial charge is 0.508 e. The SMILES string of the molecule is Cc1cc(O)cc(C)c1C[C@H](CC(=O)[C@H](N)CCCN=C(N)N)C(=O)N[C@@H](Cc1ccncc1)C(=O)C[C@@H](Cc1ccccc1)C(N)=O. The Bertz CT molecular complexity index is 1550. The van der Waals surface area contributed by atoms with Crippen LogP contribution in [0.5, 0.6) is 5.75 Å². The fraction of sp³-hybridized carbons (Fsp3) is 0.389. The van der Waals surface area contributed by atoms with Crippen molar-refractivity contribution in [1.82, 2.24) is 10.3 Å². The van der Waals surface area contributed by atoms with E-state index in [0.717, 1.165) is 27.8 Å². The van der Waals surface area contributed by atoms with E-state index in [1.165, 1.54) is 0 Å². The van der Waals surface area contributed by atoms with Crippen LogP contribution in [0.2, 0.25) is 0 Å². The number of nitrogens with one attached hydrogen (secondary N) is 1. The molecule has 0 aliphatic heterocycles.